The standard InChI is InChI=1S/C17H19ClN2O3/c1-22-15-7-2-3-8-16(15)23-17(21)14-10-13(19-20-14)11-5-4-6-12(18)9-11/h4-6,9-10,15-16H,2-3,7-8H2,1H3,(H,19,20). The summed E-state index contributed by atoms with van der Waals surface area (Å²) < 4.78 is 11.0. The van der Waals surface area contributed by atoms with Gasteiger partial charge in [0.2, 0.25) is 0 Å². The Morgan fingerprint density at radius 3 is 2.78 bits per heavy atom. The average Bonchev–Trinajstić information content (AvgIpc) is 3.05. The normalized spacial score (nSPS) is 21.1. The molecule has 0 bridgehead atoms. The maximum Gasteiger partial charge on any atom is 0.356 e. The Morgan fingerprint density at radius 2 is 2.04 bits per heavy atom. The lowest BCUT2D eigenvalue weighted by Crippen LogP contribution is -2.35. The van der Waals surface area contributed by atoms with Gasteiger partial charge in [0.15, 0.2) is 0 Å². The van der Waals surface area contributed by atoms with Crippen molar-refractivity contribution >= 4 is 17.6 Å². The molecule has 1 aromatic heterocycles. The van der Waals surface area contributed by atoms with Crippen LogP contribution in [0, 0.1) is 0 Å². The fraction of sp³-hybridized carbons (Fsp3) is 0.412. The number of aromatic nitrogens is 2. The molecule has 2 atom stereocenters. The molecule has 122 valence electrons. The molecule has 1 aromatic carbocycles. The first-order valence-electron chi connectivity index (χ1n) is 7.72. The Bertz CT molecular complexity index is 686. The van der Waals surface area contributed by atoms with Crippen molar-refractivity contribution in [1.29, 1.82) is 0 Å². The highest BCUT2D eigenvalue weighted by Gasteiger charge is 2.29. The molecule has 6 heteroatoms. The summed E-state index contributed by atoms with van der Waals surface area (Å²) in [6.07, 6.45) is 3.69. The molecule has 1 fully saturated rings. The number of benzene rings is 1. The minimum Gasteiger partial charge on any atom is -0.455 e. The molecule has 23 heavy (non-hydrogen) atoms. The number of rotatable bonds is 4. The average molecular weight is 335 g/mol. The number of nitrogens with one attached hydrogen (secondary N) is 1. The van der Waals surface area contributed by atoms with Gasteiger partial charge >= 0.3 is 5.97 Å². The van der Waals surface area contributed by atoms with Gasteiger partial charge in [-0.1, -0.05) is 30.2 Å². The number of hydrogen-bond donors (Lipinski definition) is 1. The van der Waals surface area contributed by atoms with Gasteiger partial charge in [0, 0.05) is 17.7 Å². The van der Waals surface area contributed by atoms with Gasteiger partial charge in [-0.2, -0.15) is 5.10 Å². The Labute approximate surface area is 139 Å². The molecule has 0 saturated heterocycles. The van der Waals surface area contributed by atoms with Crippen LogP contribution in [0.25, 0.3) is 11.3 Å². The number of hydrogen-bond acceptors (Lipinski definition) is 4. The van der Waals surface area contributed by atoms with Crippen LogP contribution in [-0.4, -0.2) is 35.5 Å². The van der Waals surface area contributed by atoms with Crippen LogP contribution < -0.4 is 0 Å². The van der Waals surface area contributed by atoms with E-state index < -0.39 is 5.97 Å². The van der Waals surface area contributed by atoms with Crippen LogP contribution in [0.1, 0.15) is 36.2 Å². The lowest BCUT2D eigenvalue weighted by Gasteiger charge is -2.29. The molecule has 1 heterocycles. The van der Waals surface area contributed by atoms with Crippen LogP contribution in [0.5, 0.6) is 0 Å². The maximum absolute atomic E-state index is 12.3. The van der Waals surface area contributed by atoms with Crippen LogP contribution in [0.15, 0.2) is 30.3 Å². The first kappa shape index (κ1) is 16.0. The summed E-state index contributed by atoms with van der Waals surface area (Å²) in [5.74, 6) is -0.403. The van der Waals surface area contributed by atoms with E-state index in [1.807, 2.05) is 12.1 Å². The van der Waals surface area contributed by atoms with Gasteiger partial charge in [-0.25, -0.2) is 4.79 Å². The zero-order chi connectivity index (χ0) is 16.2. The summed E-state index contributed by atoms with van der Waals surface area (Å²) in [5.41, 5.74) is 1.84. The largest absolute Gasteiger partial charge is 0.455 e. The highest BCUT2D eigenvalue weighted by molar-refractivity contribution is 6.30. The highest BCUT2D eigenvalue weighted by Crippen LogP contribution is 2.25. The highest BCUT2D eigenvalue weighted by atomic mass is 35.5. The smallest absolute Gasteiger partial charge is 0.356 e. The van der Waals surface area contributed by atoms with Gasteiger partial charge in [-0.3, -0.25) is 5.10 Å². The van der Waals surface area contributed by atoms with E-state index in [2.05, 4.69) is 10.2 Å². The first-order chi connectivity index (χ1) is 11.2. The minimum atomic E-state index is -0.403. The second kappa shape index (κ2) is 7.15. The lowest BCUT2D eigenvalue weighted by atomic mass is 9.94. The summed E-state index contributed by atoms with van der Waals surface area (Å²) in [4.78, 5) is 12.3. The molecule has 0 amide bonds. The first-order valence-corrected chi connectivity index (χ1v) is 8.10. The van der Waals surface area contributed by atoms with Crippen molar-refractivity contribution in [3.05, 3.63) is 41.0 Å². The second-order valence-corrected chi connectivity index (χ2v) is 6.12. The molecule has 3 rings (SSSR count). The van der Waals surface area contributed by atoms with E-state index in [4.69, 9.17) is 21.1 Å². The Kier molecular flexibility index (Phi) is 4.98. The Balaban J connectivity index is 1.71. The van der Waals surface area contributed by atoms with Crippen LogP contribution in [0.2, 0.25) is 5.02 Å². The SMILES string of the molecule is COC1CCCCC1OC(=O)c1cc(-c2cccc(Cl)c2)n[nH]1. The van der Waals surface area contributed by atoms with Gasteiger partial charge in [0.25, 0.3) is 0 Å². The molecule has 1 N–H and O–H groups in total. The Morgan fingerprint density at radius 1 is 1.26 bits per heavy atom. The third-order valence-corrected chi connectivity index (χ3v) is 4.36. The van der Waals surface area contributed by atoms with Crippen LogP contribution in [0.3, 0.4) is 0 Å². The monoisotopic (exact) mass is 334 g/mol. The molecule has 5 nitrogen and oxygen atoms in total. The molecule has 1 aliphatic carbocycles. The summed E-state index contributed by atoms with van der Waals surface area (Å²) in [6, 6.07) is 9.00. The van der Waals surface area contributed by atoms with Crippen molar-refractivity contribution in [2.75, 3.05) is 7.11 Å². The number of H-pyrrole nitrogens is 1. The van der Waals surface area contributed by atoms with Crippen molar-refractivity contribution in [2.24, 2.45) is 0 Å². The van der Waals surface area contributed by atoms with E-state index in [-0.39, 0.29) is 12.2 Å². The third-order valence-electron chi connectivity index (χ3n) is 4.12. The lowest BCUT2D eigenvalue weighted by molar-refractivity contribution is -0.0542. The van der Waals surface area contributed by atoms with Gasteiger partial charge in [0.1, 0.15) is 11.8 Å². The van der Waals surface area contributed by atoms with E-state index in [0.717, 1.165) is 31.2 Å². The van der Waals surface area contributed by atoms with Crippen molar-refractivity contribution < 1.29 is 14.3 Å². The predicted octanol–water partition coefficient (Wildman–Crippen LogP) is 3.84. The second-order valence-electron chi connectivity index (χ2n) is 5.68. The molecular formula is C17H19ClN2O3. The summed E-state index contributed by atoms with van der Waals surface area (Å²) in [7, 11) is 1.66. The fourth-order valence-corrected chi connectivity index (χ4v) is 3.08. The third kappa shape index (κ3) is 3.74. The van der Waals surface area contributed by atoms with E-state index in [1.54, 1.807) is 25.3 Å². The maximum atomic E-state index is 12.3. The minimum absolute atomic E-state index is 0.0250. The summed E-state index contributed by atoms with van der Waals surface area (Å²) in [6.45, 7) is 0. The zero-order valence-electron chi connectivity index (χ0n) is 12.9. The van der Waals surface area contributed by atoms with Crippen LogP contribution >= 0.6 is 11.6 Å². The number of halogens is 1. The molecule has 1 aliphatic rings. The predicted molar refractivity (Wildman–Crippen MR) is 87.5 cm³/mol. The number of carbonyl (C=O) groups excluding carboxylic acids is 1. The van der Waals surface area contributed by atoms with Crippen LogP contribution in [-0.2, 0) is 9.47 Å². The number of carbonyl (C=O) groups is 1. The van der Waals surface area contributed by atoms with E-state index in [1.165, 1.54) is 0 Å². The molecule has 1 saturated carbocycles. The number of nitrogens with zero attached hydrogens (tertiary/aromatic N) is 1. The summed E-state index contributed by atoms with van der Waals surface area (Å²) >= 11 is 5.98. The van der Waals surface area contributed by atoms with Crippen molar-refractivity contribution in [1.82, 2.24) is 10.2 Å². The van der Waals surface area contributed by atoms with Crippen molar-refractivity contribution in [3.63, 3.8) is 0 Å². The van der Waals surface area contributed by atoms with Crippen LogP contribution in [0.4, 0.5) is 0 Å². The number of aromatic amines is 1. The van der Waals surface area contributed by atoms with Crippen molar-refractivity contribution in [2.45, 2.75) is 37.9 Å². The quantitative estimate of drug-likeness (QED) is 0.863. The fourth-order valence-electron chi connectivity index (χ4n) is 2.89. The molecule has 0 aliphatic heterocycles. The van der Waals surface area contributed by atoms with E-state index in [9.17, 15) is 4.79 Å². The topological polar surface area (TPSA) is 64.2 Å². The van der Waals surface area contributed by atoms with Gasteiger partial charge in [-0.05, 0) is 37.5 Å². The van der Waals surface area contributed by atoms with Gasteiger partial charge in [-0.15, -0.1) is 0 Å². The summed E-state index contributed by atoms with van der Waals surface area (Å²) in [5, 5.41) is 7.53. The van der Waals surface area contributed by atoms with Gasteiger partial charge in [0.05, 0.1) is 11.8 Å². The van der Waals surface area contributed by atoms with E-state index >= 15 is 0 Å². The van der Waals surface area contributed by atoms with E-state index in [0.29, 0.717) is 16.4 Å². The number of ether oxygens (including phenoxy) is 2. The Hall–Kier alpha value is -1.85. The van der Waals surface area contributed by atoms with Crippen molar-refractivity contribution in [3.8, 4) is 11.3 Å². The molecule has 2 unspecified atom stereocenters. The number of esters is 1. The number of methoxy groups -OCH3 is 1. The molecule has 2 aromatic rings. The zero-order valence-corrected chi connectivity index (χ0v) is 13.7. The van der Waals surface area contributed by atoms with Gasteiger partial charge < -0.3 is 9.47 Å². The molecule has 0 spiro atoms. The molecule has 0 radical (unpaired) electrons. The molecular weight excluding hydrogens is 316 g/mol.